The van der Waals surface area contributed by atoms with Crippen molar-refractivity contribution >= 4 is 11.6 Å². The van der Waals surface area contributed by atoms with Crippen LogP contribution in [0.1, 0.15) is 15.9 Å². The summed E-state index contributed by atoms with van der Waals surface area (Å²) in [5.74, 6) is 1.14. The lowest BCUT2D eigenvalue weighted by atomic mass is 10.1. The Bertz CT molecular complexity index is 979. The molecule has 4 nitrogen and oxygen atoms in total. The normalized spacial score (nSPS) is 14.0. The maximum Gasteiger partial charge on any atom is 0.254 e. The second kappa shape index (κ2) is 8.35. The molecule has 5 heteroatoms. The van der Waals surface area contributed by atoms with Crippen molar-refractivity contribution in [1.29, 1.82) is 0 Å². The zero-order valence-electron chi connectivity index (χ0n) is 16.3. The smallest absolute Gasteiger partial charge is 0.254 e. The molecule has 0 spiro atoms. The van der Waals surface area contributed by atoms with Crippen LogP contribution in [-0.4, -0.2) is 37.0 Å². The van der Waals surface area contributed by atoms with E-state index in [2.05, 4.69) is 4.90 Å². The van der Waals surface area contributed by atoms with Gasteiger partial charge in [0.1, 0.15) is 17.3 Å². The maximum atomic E-state index is 13.1. The summed E-state index contributed by atoms with van der Waals surface area (Å²) >= 11 is 0. The van der Waals surface area contributed by atoms with E-state index in [9.17, 15) is 9.18 Å². The molecule has 148 valence electrons. The number of nitrogens with zero attached hydrogens (tertiary/aromatic N) is 2. The molecule has 3 aromatic rings. The van der Waals surface area contributed by atoms with Crippen LogP contribution in [0.4, 0.5) is 10.1 Å². The summed E-state index contributed by atoms with van der Waals surface area (Å²) in [4.78, 5) is 17.0. The average molecular weight is 390 g/mol. The fraction of sp³-hybridized carbons (Fsp3) is 0.208. The predicted octanol–water partition coefficient (Wildman–Crippen LogP) is 4.89. The van der Waals surface area contributed by atoms with Crippen LogP contribution >= 0.6 is 0 Å². The third-order valence-corrected chi connectivity index (χ3v) is 5.10. The molecule has 0 radical (unpaired) electrons. The molecule has 29 heavy (non-hydrogen) atoms. The number of amides is 1. The molecule has 1 amide bonds. The Morgan fingerprint density at radius 3 is 2.24 bits per heavy atom. The second-order valence-corrected chi connectivity index (χ2v) is 7.20. The quantitative estimate of drug-likeness (QED) is 0.636. The average Bonchev–Trinajstić information content (AvgIpc) is 2.76. The number of ether oxygens (including phenoxy) is 1. The van der Waals surface area contributed by atoms with Crippen molar-refractivity contribution in [3.8, 4) is 11.5 Å². The Hall–Kier alpha value is -3.34. The number of anilines is 1. The van der Waals surface area contributed by atoms with Crippen LogP contribution in [0.3, 0.4) is 0 Å². The first-order valence-electron chi connectivity index (χ1n) is 9.73. The molecular weight excluding hydrogens is 367 g/mol. The van der Waals surface area contributed by atoms with Gasteiger partial charge < -0.3 is 14.5 Å². The summed E-state index contributed by atoms with van der Waals surface area (Å²) in [6.07, 6.45) is 0. The summed E-state index contributed by atoms with van der Waals surface area (Å²) in [6, 6.07) is 21.6. The Morgan fingerprint density at radius 1 is 0.862 bits per heavy atom. The van der Waals surface area contributed by atoms with Crippen molar-refractivity contribution in [2.24, 2.45) is 0 Å². The highest BCUT2D eigenvalue weighted by Gasteiger charge is 2.22. The van der Waals surface area contributed by atoms with Gasteiger partial charge in [0.15, 0.2) is 0 Å². The Labute approximate surface area is 170 Å². The van der Waals surface area contributed by atoms with Crippen LogP contribution in [-0.2, 0) is 0 Å². The minimum absolute atomic E-state index is 0.00175. The number of aryl methyl sites for hydroxylation is 1. The molecular formula is C24H23FN2O2. The summed E-state index contributed by atoms with van der Waals surface area (Å²) < 4.78 is 19.0. The molecule has 1 fully saturated rings. The molecule has 1 aliphatic heterocycles. The van der Waals surface area contributed by atoms with Gasteiger partial charge in [-0.25, -0.2) is 4.39 Å². The Morgan fingerprint density at radius 2 is 1.55 bits per heavy atom. The van der Waals surface area contributed by atoms with E-state index in [4.69, 9.17) is 4.74 Å². The van der Waals surface area contributed by atoms with E-state index in [1.807, 2.05) is 54.3 Å². The second-order valence-electron chi connectivity index (χ2n) is 7.20. The lowest BCUT2D eigenvalue weighted by Gasteiger charge is -2.36. The lowest BCUT2D eigenvalue weighted by molar-refractivity contribution is 0.0746. The number of rotatable bonds is 4. The van der Waals surface area contributed by atoms with Crippen molar-refractivity contribution in [3.63, 3.8) is 0 Å². The van der Waals surface area contributed by atoms with Gasteiger partial charge in [0, 0.05) is 37.4 Å². The van der Waals surface area contributed by atoms with Crippen molar-refractivity contribution in [3.05, 3.63) is 89.7 Å². The van der Waals surface area contributed by atoms with E-state index in [-0.39, 0.29) is 11.7 Å². The van der Waals surface area contributed by atoms with Gasteiger partial charge in [-0.15, -0.1) is 0 Å². The van der Waals surface area contributed by atoms with Crippen LogP contribution in [0.5, 0.6) is 11.5 Å². The minimum atomic E-state index is -0.240. The van der Waals surface area contributed by atoms with Crippen molar-refractivity contribution in [1.82, 2.24) is 4.90 Å². The molecule has 0 aliphatic carbocycles. The van der Waals surface area contributed by atoms with Gasteiger partial charge in [0.05, 0.1) is 0 Å². The standard InChI is InChI=1S/C24H23FN2O2/c1-18-5-11-22(12-6-18)29-23-4-2-3-19(17-23)24(28)27-15-13-26(14-16-27)21-9-7-20(25)8-10-21/h2-12,17H,13-16H2,1H3. The number of hydrogen-bond donors (Lipinski definition) is 0. The molecule has 0 saturated carbocycles. The van der Waals surface area contributed by atoms with Crippen LogP contribution in [0.15, 0.2) is 72.8 Å². The monoisotopic (exact) mass is 390 g/mol. The van der Waals surface area contributed by atoms with Crippen molar-refractivity contribution in [2.45, 2.75) is 6.92 Å². The molecule has 3 aromatic carbocycles. The molecule has 4 rings (SSSR count). The van der Waals surface area contributed by atoms with Gasteiger partial charge in [-0.05, 0) is 61.5 Å². The van der Waals surface area contributed by atoms with Gasteiger partial charge in [-0.2, -0.15) is 0 Å². The van der Waals surface area contributed by atoms with E-state index in [1.165, 1.54) is 17.7 Å². The number of hydrogen-bond acceptors (Lipinski definition) is 3. The zero-order chi connectivity index (χ0) is 20.2. The topological polar surface area (TPSA) is 32.8 Å². The fourth-order valence-corrected chi connectivity index (χ4v) is 3.44. The predicted molar refractivity (Wildman–Crippen MR) is 112 cm³/mol. The maximum absolute atomic E-state index is 13.1. The molecule has 0 N–H and O–H groups in total. The summed E-state index contributed by atoms with van der Waals surface area (Å²) in [7, 11) is 0. The lowest BCUT2D eigenvalue weighted by Crippen LogP contribution is -2.48. The van der Waals surface area contributed by atoms with Crippen LogP contribution in [0.25, 0.3) is 0 Å². The highest BCUT2D eigenvalue weighted by atomic mass is 19.1. The summed E-state index contributed by atoms with van der Waals surface area (Å²) in [5.41, 5.74) is 2.76. The highest BCUT2D eigenvalue weighted by molar-refractivity contribution is 5.94. The number of halogens is 1. The van der Waals surface area contributed by atoms with E-state index < -0.39 is 0 Å². The van der Waals surface area contributed by atoms with Crippen LogP contribution in [0, 0.1) is 12.7 Å². The molecule has 0 aromatic heterocycles. The number of benzene rings is 3. The van der Waals surface area contributed by atoms with Gasteiger partial charge >= 0.3 is 0 Å². The molecule has 0 atom stereocenters. The first-order valence-corrected chi connectivity index (χ1v) is 9.73. The molecule has 1 aliphatic rings. The third-order valence-electron chi connectivity index (χ3n) is 5.10. The third kappa shape index (κ3) is 4.57. The Balaban J connectivity index is 1.39. The first-order chi connectivity index (χ1) is 14.1. The molecule has 0 bridgehead atoms. The first kappa shape index (κ1) is 19.0. The Kier molecular flexibility index (Phi) is 5.47. The number of carbonyl (C=O) groups is 1. The minimum Gasteiger partial charge on any atom is -0.457 e. The SMILES string of the molecule is Cc1ccc(Oc2cccc(C(=O)N3CCN(c4ccc(F)cc4)CC3)c2)cc1. The van der Waals surface area contributed by atoms with Crippen molar-refractivity contribution in [2.75, 3.05) is 31.1 Å². The number of piperazine rings is 1. The van der Waals surface area contributed by atoms with E-state index in [0.29, 0.717) is 24.4 Å². The fourth-order valence-electron chi connectivity index (χ4n) is 3.44. The largest absolute Gasteiger partial charge is 0.457 e. The van der Waals surface area contributed by atoms with Gasteiger partial charge in [0.25, 0.3) is 5.91 Å². The van der Waals surface area contributed by atoms with Gasteiger partial charge in [0.2, 0.25) is 0 Å². The van der Waals surface area contributed by atoms with Gasteiger partial charge in [-0.3, -0.25) is 4.79 Å². The van der Waals surface area contributed by atoms with E-state index >= 15 is 0 Å². The van der Waals surface area contributed by atoms with Crippen LogP contribution < -0.4 is 9.64 Å². The van der Waals surface area contributed by atoms with Crippen molar-refractivity contribution < 1.29 is 13.9 Å². The molecule has 0 unspecified atom stereocenters. The molecule has 1 heterocycles. The van der Waals surface area contributed by atoms with E-state index in [0.717, 1.165) is 24.5 Å². The summed E-state index contributed by atoms with van der Waals surface area (Å²) in [6.45, 7) is 4.71. The van der Waals surface area contributed by atoms with E-state index in [1.54, 1.807) is 18.2 Å². The van der Waals surface area contributed by atoms with Crippen LogP contribution in [0.2, 0.25) is 0 Å². The number of carbonyl (C=O) groups excluding carboxylic acids is 1. The summed E-state index contributed by atoms with van der Waals surface area (Å²) in [5, 5.41) is 0. The zero-order valence-corrected chi connectivity index (χ0v) is 16.3. The molecule has 1 saturated heterocycles. The highest BCUT2D eigenvalue weighted by Crippen LogP contribution is 2.24. The van der Waals surface area contributed by atoms with Gasteiger partial charge in [-0.1, -0.05) is 23.8 Å².